The fourth-order valence-electron chi connectivity index (χ4n) is 2.80. The lowest BCUT2D eigenvalue weighted by Crippen LogP contribution is -2.32. The van der Waals surface area contributed by atoms with Crippen LogP contribution >= 0.6 is 0 Å². The fourth-order valence-corrected chi connectivity index (χ4v) is 2.80. The van der Waals surface area contributed by atoms with Crippen molar-refractivity contribution in [2.45, 2.75) is 25.8 Å². The Morgan fingerprint density at radius 3 is 2.95 bits per heavy atom. The van der Waals surface area contributed by atoms with Gasteiger partial charge in [0.2, 0.25) is 5.89 Å². The molecule has 1 aromatic carbocycles. The number of rotatable bonds is 4. The van der Waals surface area contributed by atoms with Crippen LogP contribution in [0.15, 0.2) is 34.9 Å². The standard InChI is InChI=1S/C16H22N4O/c1-13-18-16(21-19-13)8-11-20-10-5-9-17-15(12-20)14-6-3-2-4-7-14/h2-4,6-7,15,17H,5,8-12H2,1H3. The SMILES string of the molecule is Cc1noc(CCN2CCCNC(c3ccccc3)C2)n1. The van der Waals surface area contributed by atoms with E-state index >= 15 is 0 Å². The predicted molar refractivity (Wildman–Crippen MR) is 81.0 cm³/mol. The first kappa shape index (κ1) is 14.2. The summed E-state index contributed by atoms with van der Waals surface area (Å²) in [7, 11) is 0. The normalized spacial score (nSPS) is 20.3. The molecule has 0 aliphatic carbocycles. The van der Waals surface area contributed by atoms with E-state index in [1.54, 1.807) is 0 Å². The van der Waals surface area contributed by atoms with Crippen molar-refractivity contribution in [2.24, 2.45) is 0 Å². The number of aryl methyl sites for hydroxylation is 1. The average molecular weight is 286 g/mol. The van der Waals surface area contributed by atoms with Crippen molar-refractivity contribution in [3.05, 3.63) is 47.6 Å². The summed E-state index contributed by atoms with van der Waals surface area (Å²) < 4.78 is 5.19. The summed E-state index contributed by atoms with van der Waals surface area (Å²) in [6.07, 6.45) is 1.99. The molecule has 5 heteroatoms. The first-order valence-corrected chi connectivity index (χ1v) is 7.61. The zero-order chi connectivity index (χ0) is 14.5. The highest BCUT2D eigenvalue weighted by molar-refractivity contribution is 5.19. The minimum Gasteiger partial charge on any atom is -0.339 e. The number of aromatic nitrogens is 2. The second kappa shape index (κ2) is 6.83. The highest BCUT2D eigenvalue weighted by Gasteiger charge is 2.19. The Labute approximate surface area is 125 Å². The van der Waals surface area contributed by atoms with Crippen LogP contribution in [-0.2, 0) is 6.42 Å². The van der Waals surface area contributed by atoms with Crippen molar-refractivity contribution in [1.29, 1.82) is 0 Å². The van der Waals surface area contributed by atoms with Crippen molar-refractivity contribution < 1.29 is 4.52 Å². The van der Waals surface area contributed by atoms with E-state index in [2.05, 4.69) is 50.7 Å². The quantitative estimate of drug-likeness (QED) is 0.931. The molecule has 1 saturated heterocycles. The number of hydrogen-bond donors (Lipinski definition) is 1. The molecule has 21 heavy (non-hydrogen) atoms. The Kier molecular flexibility index (Phi) is 4.62. The summed E-state index contributed by atoms with van der Waals surface area (Å²) in [4.78, 5) is 6.76. The lowest BCUT2D eigenvalue weighted by molar-refractivity contribution is 0.258. The molecule has 5 nitrogen and oxygen atoms in total. The molecule has 1 N–H and O–H groups in total. The van der Waals surface area contributed by atoms with Crippen LogP contribution in [-0.4, -0.2) is 41.2 Å². The van der Waals surface area contributed by atoms with Gasteiger partial charge >= 0.3 is 0 Å². The lowest BCUT2D eigenvalue weighted by atomic mass is 10.1. The molecule has 3 rings (SSSR count). The summed E-state index contributed by atoms with van der Waals surface area (Å²) in [6.45, 7) is 6.03. The van der Waals surface area contributed by atoms with Gasteiger partial charge in [-0.3, -0.25) is 0 Å². The molecule has 1 aliphatic heterocycles. The summed E-state index contributed by atoms with van der Waals surface area (Å²) in [5.41, 5.74) is 1.36. The molecule has 112 valence electrons. The largest absolute Gasteiger partial charge is 0.339 e. The van der Waals surface area contributed by atoms with Crippen LogP contribution in [0.2, 0.25) is 0 Å². The van der Waals surface area contributed by atoms with Crippen LogP contribution in [0.4, 0.5) is 0 Å². The third-order valence-electron chi connectivity index (χ3n) is 3.90. The molecule has 1 aliphatic rings. The Bertz CT molecular complexity index is 554. The molecule has 0 amide bonds. The lowest BCUT2D eigenvalue weighted by Gasteiger charge is -2.24. The molecule has 0 saturated carbocycles. The van der Waals surface area contributed by atoms with Crippen molar-refractivity contribution in [2.75, 3.05) is 26.2 Å². The van der Waals surface area contributed by atoms with E-state index in [1.165, 1.54) is 12.0 Å². The zero-order valence-electron chi connectivity index (χ0n) is 12.5. The Morgan fingerprint density at radius 2 is 2.19 bits per heavy atom. The van der Waals surface area contributed by atoms with Gasteiger partial charge in [0, 0.05) is 25.6 Å². The van der Waals surface area contributed by atoms with Crippen LogP contribution in [0.1, 0.15) is 29.7 Å². The Hall–Kier alpha value is -1.72. The van der Waals surface area contributed by atoms with Gasteiger partial charge in [-0.1, -0.05) is 35.5 Å². The predicted octanol–water partition coefficient (Wildman–Crippen LogP) is 1.96. The second-order valence-electron chi connectivity index (χ2n) is 5.56. The summed E-state index contributed by atoms with van der Waals surface area (Å²) in [5, 5.41) is 7.48. The minimum absolute atomic E-state index is 0.401. The van der Waals surface area contributed by atoms with Crippen LogP contribution < -0.4 is 5.32 Å². The monoisotopic (exact) mass is 286 g/mol. The summed E-state index contributed by atoms with van der Waals surface area (Å²) in [5.74, 6) is 1.45. The van der Waals surface area contributed by atoms with E-state index < -0.39 is 0 Å². The molecule has 2 aromatic rings. The number of benzene rings is 1. The number of nitrogens with zero attached hydrogens (tertiary/aromatic N) is 3. The maximum absolute atomic E-state index is 5.19. The van der Waals surface area contributed by atoms with Crippen molar-refractivity contribution >= 4 is 0 Å². The molecule has 0 bridgehead atoms. The molecule has 1 atom stereocenters. The van der Waals surface area contributed by atoms with Crippen molar-refractivity contribution in [3.8, 4) is 0 Å². The van der Waals surface area contributed by atoms with Gasteiger partial charge in [-0.2, -0.15) is 4.98 Å². The van der Waals surface area contributed by atoms with Gasteiger partial charge in [-0.15, -0.1) is 0 Å². The first-order valence-electron chi connectivity index (χ1n) is 7.61. The van der Waals surface area contributed by atoms with Gasteiger partial charge in [0.1, 0.15) is 0 Å². The van der Waals surface area contributed by atoms with Crippen LogP contribution in [0, 0.1) is 6.92 Å². The summed E-state index contributed by atoms with van der Waals surface area (Å²) >= 11 is 0. The molecule has 1 fully saturated rings. The molecule has 1 aromatic heterocycles. The summed E-state index contributed by atoms with van der Waals surface area (Å²) in [6, 6.07) is 11.1. The molecular weight excluding hydrogens is 264 g/mol. The number of hydrogen-bond acceptors (Lipinski definition) is 5. The van der Waals surface area contributed by atoms with Crippen molar-refractivity contribution in [1.82, 2.24) is 20.4 Å². The maximum Gasteiger partial charge on any atom is 0.227 e. The average Bonchev–Trinajstić information content (AvgIpc) is 2.79. The van der Waals surface area contributed by atoms with E-state index in [0.717, 1.165) is 38.5 Å². The minimum atomic E-state index is 0.401. The molecule has 2 heterocycles. The van der Waals surface area contributed by atoms with Crippen molar-refractivity contribution in [3.63, 3.8) is 0 Å². The van der Waals surface area contributed by atoms with Crippen LogP contribution in [0.3, 0.4) is 0 Å². The third-order valence-corrected chi connectivity index (χ3v) is 3.90. The molecule has 0 radical (unpaired) electrons. The second-order valence-corrected chi connectivity index (χ2v) is 5.56. The zero-order valence-corrected chi connectivity index (χ0v) is 12.5. The fraction of sp³-hybridized carbons (Fsp3) is 0.500. The van der Waals surface area contributed by atoms with E-state index in [4.69, 9.17) is 4.52 Å². The van der Waals surface area contributed by atoms with E-state index in [1.807, 2.05) is 6.92 Å². The first-order chi connectivity index (χ1) is 10.3. The third kappa shape index (κ3) is 3.89. The highest BCUT2D eigenvalue weighted by atomic mass is 16.5. The van der Waals surface area contributed by atoms with Crippen LogP contribution in [0.5, 0.6) is 0 Å². The van der Waals surface area contributed by atoms with Gasteiger partial charge in [-0.25, -0.2) is 0 Å². The van der Waals surface area contributed by atoms with E-state index in [0.29, 0.717) is 11.9 Å². The Balaban J connectivity index is 1.60. The van der Waals surface area contributed by atoms with E-state index in [9.17, 15) is 0 Å². The smallest absolute Gasteiger partial charge is 0.227 e. The van der Waals surface area contributed by atoms with Gasteiger partial charge in [0.05, 0.1) is 0 Å². The van der Waals surface area contributed by atoms with Gasteiger partial charge in [-0.05, 0) is 32.0 Å². The van der Waals surface area contributed by atoms with Gasteiger partial charge < -0.3 is 14.7 Å². The number of nitrogens with one attached hydrogen (secondary N) is 1. The highest BCUT2D eigenvalue weighted by Crippen LogP contribution is 2.17. The van der Waals surface area contributed by atoms with E-state index in [-0.39, 0.29) is 0 Å². The molecule has 0 spiro atoms. The van der Waals surface area contributed by atoms with Crippen LogP contribution in [0.25, 0.3) is 0 Å². The molecule has 1 unspecified atom stereocenters. The van der Waals surface area contributed by atoms with Gasteiger partial charge in [0.25, 0.3) is 0 Å². The maximum atomic E-state index is 5.19. The topological polar surface area (TPSA) is 54.2 Å². The van der Waals surface area contributed by atoms with Gasteiger partial charge in [0.15, 0.2) is 5.82 Å². The molecular formula is C16H22N4O. The Morgan fingerprint density at radius 1 is 1.33 bits per heavy atom.